The number of nitrogens with zero attached hydrogens (tertiary/aromatic N) is 2. The van der Waals surface area contributed by atoms with Gasteiger partial charge in [0.15, 0.2) is 0 Å². The molecule has 2 unspecified atom stereocenters. The molecule has 3 amide bonds. The molecule has 2 aromatic rings. The Morgan fingerprint density at radius 3 is 1.93 bits per heavy atom. The van der Waals surface area contributed by atoms with Crippen LogP contribution in [0, 0.1) is 0 Å². The van der Waals surface area contributed by atoms with Crippen LogP contribution in [0.5, 0.6) is 0 Å². The Hall–Kier alpha value is -2.95. The number of imide groups is 1. The highest BCUT2D eigenvalue weighted by molar-refractivity contribution is 6.24. The second-order valence-corrected chi connectivity index (χ2v) is 7.70. The molecule has 0 saturated heterocycles. The Morgan fingerprint density at radius 1 is 0.929 bits per heavy atom. The number of rotatable bonds is 5. The summed E-state index contributed by atoms with van der Waals surface area (Å²) in [5.74, 6) is -0.903. The van der Waals surface area contributed by atoms with E-state index >= 15 is 0 Å². The average molecular weight is 376 g/mol. The first kappa shape index (κ1) is 18.4. The highest BCUT2D eigenvalue weighted by Gasteiger charge is 2.76. The Kier molecular flexibility index (Phi) is 4.14. The summed E-state index contributed by atoms with van der Waals surface area (Å²) in [6, 6.07) is 16.5. The molecular formula is C23H24N2O3. The monoisotopic (exact) mass is 376 g/mol. The van der Waals surface area contributed by atoms with Gasteiger partial charge in [-0.15, -0.1) is 0 Å². The first-order chi connectivity index (χ1) is 13.4. The minimum atomic E-state index is -1.19. The molecule has 5 nitrogen and oxygen atoms in total. The van der Waals surface area contributed by atoms with Crippen molar-refractivity contribution in [2.45, 2.75) is 38.1 Å². The van der Waals surface area contributed by atoms with E-state index in [1.807, 2.05) is 51.1 Å². The van der Waals surface area contributed by atoms with Crippen LogP contribution in [-0.2, 0) is 10.2 Å². The second kappa shape index (κ2) is 6.30. The molecule has 28 heavy (non-hydrogen) atoms. The number of benzene rings is 2. The highest BCUT2D eigenvalue weighted by atomic mass is 16.2. The maximum atomic E-state index is 13.7. The molecule has 0 aromatic heterocycles. The van der Waals surface area contributed by atoms with E-state index in [1.54, 1.807) is 29.2 Å². The smallest absolute Gasteiger partial charge is 0.262 e. The molecule has 144 valence electrons. The molecule has 1 aliphatic carbocycles. The number of carbonyl (C=O) groups excluding carboxylic acids is 3. The lowest BCUT2D eigenvalue weighted by atomic mass is 9.90. The van der Waals surface area contributed by atoms with Crippen LogP contribution in [0.2, 0.25) is 0 Å². The Labute approximate surface area is 164 Å². The van der Waals surface area contributed by atoms with E-state index in [1.165, 1.54) is 4.90 Å². The number of carbonyl (C=O) groups is 3. The largest absolute Gasteiger partial charge is 0.341 e. The van der Waals surface area contributed by atoms with Crippen molar-refractivity contribution < 1.29 is 14.4 Å². The van der Waals surface area contributed by atoms with Crippen molar-refractivity contribution in [1.82, 2.24) is 9.80 Å². The van der Waals surface area contributed by atoms with Crippen LogP contribution in [-0.4, -0.2) is 46.1 Å². The molecule has 0 spiro atoms. The topological polar surface area (TPSA) is 57.7 Å². The highest BCUT2D eigenvalue weighted by Crippen LogP contribution is 2.63. The Bertz CT molecular complexity index is 932. The van der Waals surface area contributed by atoms with Gasteiger partial charge in [0.25, 0.3) is 11.8 Å². The molecule has 1 heterocycles. The number of hydrogen-bond donors (Lipinski definition) is 0. The predicted octanol–water partition coefficient (Wildman–Crippen LogP) is 3.25. The van der Waals surface area contributed by atoms with Crippen molar-refractivity contribution >= 4 is 17.7 Å². The third-order valence-electron chi connectivity index (χ3n) is 6.39. The standard InChI is InChI=1S/C23H24N2O3/c1-4-24(5-2)21(28)23(15-22(23,3)16-11-7-6-8-12-16)25-19(26)17-13-9-10-14-18(17)20(25)27/h6-14H,4-5,15H2,1-3H3. The van der Waals surface area contributed by atoms with E-state index in [2.05, 4.69) is 0 Å². The molecule has 5 heteroatoms. The summed E-state index contributed by atoms with van der Waals surface area (Å²) in [5.41, 5.74) is -0.0791. The fraction of sp³-hybridized carbons (Fsp3) is 0.348. The molecule has 0 bridgehead atoms. The maximum Gasteiger partial charge on any atom is 0.262 e. The van der Waals surface area contributed by atoms with Crippen LogP contribution < -0.4 is 0 Å². The van der Waals surface area contributed by atoms with Gasteiger partial charge in [0.05, 0.1) is 11.1 Å². The molecule has 2 aromatic carbocycles. The first-order valence-electron chi connectivity index (χ1n) is 9.75. The van der Waals surface area contributed by atoms with Gasteiger partial charge in [-0.3, -0.25) is 19.3 Å². The van der Waals surface area contributed by atoms with Gasteiger partial charge in [0.1, 0.15) is 5.54 Å². The molecule has 0 N–H and O–H groups in total. The summed E-state index contributed by atoms with van der Waals surface area (Å²) in [6.45, 7) is 6.88. The molecule has 1 saturated carbocycles. The lowest BCUT2D eigenvalue weighted by Crippen LogP contribution is -2.56. The third-order valence-corrected chi connectivity index (χ3v) is 6.39. The Morgan fingerprint density at radius 2 is 1.43 bits per heavy atom. The van der Waals surface area contributed by atoms with Crippen LogP contribution in [0.3, 0.4) is 0 Å². The van der Waals surface area contributed by atoms with E-state index < -0.39 is 11.0 Å². The molecule has 4 rings (SSSR count). The summed E-state index contributed by atoms with van der Waals surface area (Å²) < 4.78 is 0. The molecule has 0 radical (unpaired) electrons. The maximum absolute atomic E-state index is 13.7. The quantitative estimate of drug-likeness (QED) is 0.753. The van der Waals surface area contributed by atoms with Crippen LogP contribution in [0.25, 0.3) is 0 Å². The lowest BCUT2D eigenvalue weighted by Gasteiger charge is -2.34. The van der Waals surface area contributed by atoms with Gasteiger partial charge in [0.2, 0.25) is 5.91 Å². The van der Waals surface area contributed by atoms with Crippen LogP contribution in [0.4, 0.5) is 0 Å². The number of amides is 3. The van der Waals surface area contributed by atoms with Gasteiger partial charge >= 0.3 is 0 Å². The van der Waals surface area contributed by atoms with Crippen molar-refractivity contribution in [3.8, 4) is 0 Å². The number of hydrogen-bond acceptors (Lipinski definition) is 3. The van der Waals surface area contributed by atoms with E-state index in [0.717, 1.165) is 5.56 Å². The zero-order chi connectivity index (χ0) is 20.1. The fourth-order valence-electron chi connectivity index (χ4n) is 4.66. The number of likely N-dealkylation sites (N-methyl/N-ethyl adjacent to an activating group) is 1. The first-order valence-corrected chi connectivity index (χ1v) is 9.75. The lowest BCUT2D eigenvalue weighted by molar-refractivity contribution is -0.137. The van der Waals surface area contributed by atoms with Crippen molar-refractivity contribution in [3.63, 3.8) is 0 Å². The van der Waals surface area contributed by atoms with Crippen LogP contribution >= 0.6 is 0 Å². The van der Waals surface area contributed by atoms with Crippen molar-refractivity contribution in [2.75, 3.05) is 13.1 Å². The van der Waals surface area contributed by atoms with Gasteiger partial charge < -0.3 is 4.90 Å². The van der Waals surface area contributed by atoms with Crippen molar-refractivity contribution in [1.29, 1.82) is 0 Å². The average Bonchev–Trinajstić information content (AvgIpc) is 3.28. The summed E-state index contributed by atoms with van der Waals surface area (Å²) >= 11 is 0. The van der Waals surface area contributed by atoms with Gasteiger partial charge in [-0.05, 0) is 38.0 Å². The zero-order valence-corrected chi connectivity index (χ0v) is 16.4. The minimum Gasteiger partial charge on any atom is -0.341 e. The normalized spacial score (nSPS) is 25.6. The molecular weight excluding hydrogens is 352 g/mol. The SMILES string of the molecule is CCN(CC)C(=O)C1(N2C(=O)c3ccccc3C2=O)CC1(C)c1ccccc1. The van der Waals surface area contributed by atoms with Gasteiger partial charge in [-0.25, -0.2) is 0 Å². The molecule has 1 fully saturated rings. The third kappa shape index (κ3) is 2.22. The van der Waals surface area contributed by atoms with E-state index in [4.69, 9.17) is 0 Å². The zero-order valence-electron chi connectivity index (χ0n) is 16.4. The molecule has 2 aliphatic rings. The summed E-state index contributed by atoms with van der Waals surface area (Å²) in [7, 11) is 0. The fourth-order valence-corrected chi connectivity index (χ4v) is 4.66. The van der Waals surface area contributed by atoms with Crippen LogP contribution in [0.15, 0.2) is 54.6 Å². The molecule has 1 aliphatic heterocycles. The van der Waals surface area contributed by atoms with Gasteiger partial charge in [-0.2, -0.15) is 0 Å². The van der Waals surface area contributed by atoms with Crippen LogP contribution in [0.1, 0.15) is 53.5 Å². The van der Waals surface area contributed by atoms with E-state index in [0.29, 0.717) is 30.6 Å². The summed E-state index contributed by atoms with van der Waals surface area (Å²) in [4.78, 5) is 43.2. The van der Waals surface area contributed by atoms with Crippen molar-refractivity contribution in [3.05, 3.63) is 71.3 Å². The Balaban J connectivity index is 1.87. The van der Waals surface area contributed by atoms with E-state index in [-0.39, 0.29) is 17.7 Å². The van der Waals surface area contributed by atoms with Gasteiger partial charge in [0, 0.05) is 18.5 Å². The second-order valence-electron chi connectivity index (χ2n) is 7.70. The summed E-state index contributed by atoms with van der Waals surface area (Å²) in [5, 5.41) is 0. The van der Waals surface area contributed by atoms with Gasteiger partial charge in [-0.1, -0.05) is 49.4 Å². The summed E-state index contributed by atoms with van der Waals surface area (Å²) in [6.07, 6.45) is 0.435. The van der Waals surface area contributed by atoms with E-state index in [9.17, 15) is 14.4 Å². The van der Waals surface area contributed by atoms with Crippen molar-refractivity contribution in [2.24, 2.45) is 0 Å². The minimum absolute atomic E-state index is 0.154. The molecule has 2 atom stereocenters. The predicted molar refractivity (Wildman–Crippen MR) is 106 cm³/mol. The number of fused-ring (bicyclic) bond motifs is 1.